The van der Waals surface area contributed by atoms with Gasteiger partial charge in [-0.15, -0.1) is 0 Å². The molecule has 0 amide bonds. The summed E-state index contributed by atoms with van der Waals surface area (Å²) in [5.41, 5.74) is 0.767. The van der Waals surface area contributed by atoms with Gasteiger partial charge in [0.1, 0.15) is 0 Å². The fraction of sp³-hybridized carbons (Fsp3) is 0.500. The molecule has 82 valence electrons. The topological polar surface area (TPSA) is 0 Å². The molecule has 0 aliphatic heterocycles. The van der Waals surface area contributed by atoms with Crippen LogP contribution in [0.1, 0.15) is 37.2 Å². The van der Waals surface area contributed by atoms with Crippen molar-refractivity contribution in [3.8, 4) is 0 Å². The first kappa shape index (κ1) is 11.1. The molecule has 15 heavy (non-hydrogen) atoms. The molecule has 1 aliphatic rings. The molecular formula is C12H13BrF2. The molecule has 3 heteroatoms. The van der Waals surface area contributed by atoms with Crippen molar-refractivity contribution in [3.05, 3.63) is 34.3 Å². The Balaban J connectivity index is 2.25. The lowest BCUT2D eigenvalue weighted by Gasteiger charge is -2.31. The van der Waals surface area contributed by atoms with E-state index in [1.54, 1.807) is 12.1 Å². The second-order valence-electron chi connectivity index (χ2n) is 4.11. The molecule has 0 N–H and O–H groups in total. The fourth-order valence-electron chi connectivity index (χ4n) is 2.20. The number of benzene rings is 1. The van der Waals surface area contributed by atoms with E-state index in [2.05, 4.69) is 15.9 Å². The molecule has 1 aromatic rings. The predicted octanol–water partition coefficient (Wildman–Crippen LogP) is 4.74. The minimum Gasteiger partial charge on any atom is -0.206 e. The lowest BCUT2D eigenvalue weighted by Crippen LogP contribution is -2.29. The molecule has 0 spiro atoms. The summed E-state index contributed by atoms with van der Waals surface area (Å²) in [4.78, 5) is 0. The molecule has 1 atom stereocenters. The molecule has 0 nitrogen and oxygen atoms in total. The van der Waals surface area contributed by atoms with E-state index in [1.807, 2.05) is 12.1 Å². The minimum atomic E-state index is -2.52. The Morgan fingerprint density at radius 1 is 1.13 bits per heavy atom. The van der Waals surface area contributed by atoms with Crippen molar-refractivity contribution in [2.45, 2.75) is 37.5 Å². The van der Waals surface area contributed by atoms with E-state index >= 15 is 0 Å². The Morgan fingerprint density at radius 2 is 1.80 bits per heavy atom. The van der Waals surface area contributed by atoms with Gasteiger partial charge in [-0.05, 0) is 30.5 Å². The molecule has 0 bridgehead atoms. The van der Waals surface area contributed by atoms with E-state index in [0.717, 1.165) is 16.5 Å². The lowest BCUT2D eigenvalue weighted by atomic mass is 9.81. The summed E-state index contributed by atoms with van der Waals surface area (Å²) in [7, 11) is 0. The third-order valence-electron chi connectivity index (χ3n) is 3.04. The van der Waals surface area contributed by atoms with Gasteiger partial charge in [0, 0.05) is 16.8 Å². The highest BCUT2D eigenvalue weighted by Crippen LogP contribution is 2.44. The van der Waals surface area contributed by atoms with Crippen LogP contribution in [0.5, 0.6) is 0 Å². The normalized spacial score (nSPS) is 25.1. The van der Waals surface area contributed by atoms with Gasteiger partial charge in [-0.1, -0.05) is 34.5 Å². The molecule has 0 saturated heterocycles. The van der Waals surface area contributed by atoms with Crippen molar-refractivity contribution in [3.63, 3.8) is 0 Å². The Kier molecular flexibility index (Phi) is 3.10. The third kappa shape index (κ3) is 2.39. The van der Waals surface area contributed by atoms with Crippen LogP contribution in [-0.2, 0) is 0 Å². The van der Waals surface area contributed by atoms with E-state index in [0.29, 0.717) is 12.8 Å². The van der Waals surface area contributed by atoms with Crippen LogP contribution in [0.2, 0.25) is 0 Å². The smallest absolute Gasteiger partial charge is 0.206 e. The van der Waals surface area contributed by atoms with E-state index in [9.17, 15) is 8.78 Å². The first-order valence-corrected chi connectivity index (χ1v) is 6.02. The van der Waals surface area contributed by atoms with Crippen LogP contribution < -0.4 is 0 Å². The average Bonchev–Trinajstić information content (AvgIpc) is 2.19. The summed E-state index contributed by atoms with van der Waals surface area (Å²) >= 11 is 3.31. The van der Waals surface area contributed by atoms with Crippen LogP contribution >= 0.6 is 15.9 Å². The molecule has 1 aliphatic carbocycles. The zero-order valence-electron chi connectivity index (χ0n) is 8.35. The average molecular weight is 275 g/mol. The molecule has 0 radical (unpaired) electrons. The van der Waals surface area contributed by atoms with Gasteiger partial charge in [0.05, 0.1) is 0 Å². The molecular weight excluding hydrogens is 262 g/mol. The molecule has 0 heterocycles. The summed E-state index contributed by atoms with van der Waals surface area (Å²) in [6.45, 7) is 0. The summed E-state index contributed by atoms with van der Waals surface area (Å²) in [6.07, 6.45) is 2.21. The van der Waals surface area contributed by atoms with Gasteiger partial charge in [-0.3, -0.25) is 0 Å². The van der Waals surface area contributed by atoms with Gasteiger partial charge >= 0.3 is 0 Å². The van der Waals surface area contributed by atoms with Crippen LogP contribution in [0.25, 0.3) is 0 Å². The number of rotatable bonds is 1. The van der Waals surface area contributed by atoms with Crippen molar-refractivity contribution < 1.29 is 8.78 Å². The van der Waals surface area contributed by atoms with Gasteiger partial charge in [-0.25, -0.2) is 8.78 Å². The maximum atomic E-state index is 13.6. The molecule has 1 fully saturated rings. The van der Waals surface area contributed by atoms with Gasteiger partial charge in [0.25, 0.3) is 5.92 Å². The van der Waals surface area contributed by atoms with Gasteiger partial charge in [0.15, 0.2) is 0 Å². The zero-order chi connectivity index (χ0) is 10.9. The van der Waals surface area contributed by atoms with Gasteiger partial charge in [0.2, 0.25) is 0 Å². The van der Waals surface area contributed by atoms with Gasteiger partial charge in [-0.2, -0.15) is 0 Å². The first-order valence-electron chi connectivity index (χ1n) is 5.23. The minimum absolute atomic E-state index is 0.0354. The maximum Gasteiger partial charge on any atom is 0.254 e. The SMILES string of the molecule is FC1(F)CCCCC1c1ccc(Br)cc1. The van der Waals surface area contributed by atoms with Crippen molar-refractivity contribution in [1.29, 1.82) is 0 Å². The predicted molar refractivity (Wildman–Crippen MR) is 60.3 cm³/mol. The highest BCUT2D eigenvalue weighted by atomic mass is 79.9. The Morgan fingerprint density at radius 3 is 2.40 bits per heavy atom. The molecule has 1 unspecified atom stereocenters. The summed E-state index contributed by atoms with van der Waals surface area (Å²) in [6, 6.07) is 7.27. The highest BCUT2D eigenvalue weighted by Gasteiger charge is 2.41. The summed E-state index contributed by atoms with van der Waals surface area (Å²) in [5.74, 6) is -3.11. The van der Waals surface area contributed by atoms with Crippen LogP contribution in [0.15, 0.2) is 28.7 Å². The largest absolute Gasteiger partial charge is 0.254 e. The van der Waals surface area contributed by atoms with E-state index in [4.69, 9.17) is 0 Å². The van der Waals surface area contributed by atoms with E-state index in [-0.39, 0.29) is 6.42 Å². The number of alkyl halides is 2. The van der Waals surface area contributed by atoms with Crippen LogP contribution in [-0.4, -0.2) is 5.92 Å². The summed E-state index contributed by atoms with van der Waals surface area (Å²) < 4.78 is 28.2. The standard InChI is InChI=1S/C12H13BrF2/c13-10-6-4-9(5-7-10)11-3-1-2-8-12(11,14)15/h4-7,11H,1-3,8H2. The van der Waals surface area contributed by atoms with Gasteiger partial charge < -0.3 is 0 Å². The molecule has 1 aromatic carbocycles. The van der Waals surface area contributed by atoms with E-state index < -0.39 is 11.8 Å². The van der Waals surface area contributed by atoms with Crippen molar-refractivity contribution in [2.24, 2.45) is 0 Å². The van der Waals surface area contributed by atoms with Crippen LogP contribution in [0.4, 0.5) is 8.78 Å². The third-order valence-corrected chi connectivity index (χ3v) is 3.56. The van der Waals surface area contributed by atoms with Crippen molar-refractivity contribution in [2.75, 3.05) is 0 Å². The summed E-state index contributed by atoms with van der Waals surface area (Å²) in [5, 5.41) is 0. The second kappa shape index (κ2) is 4.20. The van der Waals surface area contributed by atoms with Crippen LogP contribution in [0, 0.1) is 0 Å². The zero-order valence-corrected chi connectivity index (χ0v) is 9.94. The Labute approximate surface area is 96.8 Å². The van der Waals surface area contributed by atoms with Crippen molar-refractivity contribution in [1.82, 2.24) is 0 Å². The van der Waals surface area contributed by atoms with E-state index in [1.165, 1.54) is 0 Å². The lowest BCUT2D eigenvalue weighted by molar-refractivity contribution is -0.0547. The second-order valence-corrected chi connectivity index (χ2v) is 5.03. The maximum absolute atomic E-state index is 13.6. The number of hydrogen-bond acceptors (Lipinski definition) is 0. The highest BCUT2D eigenvalue weighted by molar-refractivity contribution is 9.10. The number of halogens is 3. The Hall–Kier alpha value is -0.440. The molecule has 0 aromatic heterocycles. The van der Waals surface area contributed by atoms with Crippen LogP contribution in [0.3, 0.4) is 0 Å². The molecule has 1 saturated carbocycles. The fourth-order valence-corrected chi connectivity index (χ4v) is 2.46. The first-order chi connectivity index (χ1) is 7.09. The van der Waals surface area contributed by atoms with Crippen molar-refractivity contribution >= 4 is 15.9 Å². The number of hydrogen-bond donors (Lipinski definition) is 0. The Bertz CT molecular complexity index is 332. The quantitative estimate of drug-likeness (QED) is 0.694. The molecule has 2 rings (SSSR count). The monoisotopic (exact) mass is 274 g/mol.